The average molecular weight is 147 g/mol. The molecule has 2 fully saturated rings. The summed E-state index contributed by atoms with van der Waals surface area (Å²) >= 11 is 0. The maximum absolute atomic E-state index is 11.0. The van der Waals surface area contributed by atoms with Crippen LogP contribution in [-0.2, 0) is 9.84 Å². The molecule has 2 atom stereocenters. The second kappa shape index (κ2) is 1.49. The first-order valence-electron chi connectivity index (χ1n) is 3.13. The Kier molecular flexibility index (Phi) is 0.941. The van der Waals surface area contributed by atoms with Crippen LogP contribution >= 0.6 is 0 Å². The van der Waals surface area contributed by atoms with Crippen LogP contribution in [0.15, 0.2) is 0 Å². The van der Waals surface area contributed by atoms with Crippen molar-refractivity contribution < 1.29 is 8.42 Å². The lowest BCUT2D eigenvalue weighted by Gasteiger charge is -2.10. The van der Waals surface area contributed by atoms with Gasteiger partial charge >= 0.3 is 0 Å². The number of fused-ring (bicyclic) bond motifs is 2. The van der Waals surface area contributed by atoms with Crippen LogP contribution in [0, 0.1) is 0 Å². The summed E-state index contributed by atoms with van der Waals surface area (Å²) in [5.41, 5.74) is 0. The van der Waals surface area contributed by atoms with E-state index >= 15 is 0 Å². The number of hydrogen-bond acceptors (Lipinski definition) is 3. The van der Waals surface area contributed by atoms with Crippen molar-refractivity contribution in [1.82, 2.24) is 5.32 Å². The maximum atomic E-state index is 11.0. The minimum atomic E-state index is -2.65. The predicted molar refractivity (Wildman–Crippen MR) is 34.0 cm³/mol. The van der Waals surface area contributed by atoms with Crippen LogP contribution in [-0.4, -0.2) is 32.0 Å². The molecule has 0 radical (unpaired) electrons. The summed E-state index contributed by atoms with van der Waals surface area (Å²) in [5.74, 6) is 0.373. The van der Waals surface area contributed by atoms with Crippen molar-refractivity contribution in [2.75, 3.05) is 12.3 Å². The lowest BCUT2D eigenvalue weighted by Crippen LogP contribution is -2.35. The molecule has 52 valence electrons. The number of sulfone groups is 1. The van der Waals surface area contributed by atoms with Gasteiger partial charge in [-0.1, -0.05) is 0 Å². The molecule has 0 amide bonds. The Bertz CT molecular complexity index is 221. The van der Waals surface area contributed by atoms with E-state index < -0.39 is 9.84 Å². The topological polar surface area (TPSA) is 46.2 Å². The first kappa shape index (κ1) is 5.68. The summed E-state index contributed by atoms with van der Waals surface area (Å²) in [4.78, 5) is 0. The molecule has 0 aromatic heterocycles. The van der Waals surface area contributed by atoms with Crippen molar-refractivity contribution in [1.29, 1.82) is 0 Å². The largest absolute Gasteiger partial charge is 0.312 e. The third-order valence-electron chi connectivity index (χ3n) is 2.12. The van der Waals surface area contributed by atoms with Gasteiger partial charge in [0.1, 0.15) is 0 Å². The highest BCUT2D eigenvalue weighted by Crippen LogP contribution is 2.25. The van der Waals surface area contributed by atoms with Gasteiger partial charge in [0.05, 0.1) is 11.0 Å². The predicted octanol–water partition coefficient (Wildman–Crippen LogP) is -0.855. The van der Waals surface area contributed by atoms with Gasteiger partial charge in [0, 0.05) is 12.6 Å². The van der Waals surface area contributed by atoms with Crippen LogP contribution in [0.1, 0.15) is 6.42 Å². The Balaban J connectivity index is 2.39. The fraction of sp³-hybridized carbons (Fsp3) is 1.00. The standard InChI is InChI=1S/C5H9NO2S/c7-9(8)3-4-1-5(9)2-6-4/h4-6H,1-3H2/t4-,5?/m1/s1. The highest BCUT2D eigenvalue weighted by atomic mass is 32.2. The van der Waals surface area contributed by atoms with E-state index in [0.29, 0.717) is 12.3 Å². The summed E-state index contributed by atoms with van der Waals surface area (Å²) in [6.07, 6.45) is 0.850. The fourth-order valence-corrected chi connectivity index (χ4v) is 3.56. The van der Waals surface area contributed by atoms with Gasteiger partial charge in [-0.2, -0.15) is 0 Å². The highest BCUT2D eigenvalue weighted by molar-refractivity contribution is 7.92. The molecule has 2 rings (SSSR count). The van der Waals surface area contributed by atoms with E-state index in [4.69, 9.17) is 0 Å². The van der Waals surface area contributed by atoms with Crippen molar-refractivity contribution in [2.45, 2.75) is 17.7 Å². The Morgan fingerprint density at radius 1 is 1.44 bits per heavy atom. The summed E-state index contributed by atoms with van der Waals surface area (Å²) < 4.78 is 22.0. The molecule has 2 bridgehead atoms. The van der Waals surface area contributed by atoms with Gasteiger partial charge in [-0.3, -0.25) is 0 Å². The summed E-state index contributed by atoms with van der Waals surface area (Å²) in [5, 5.41) is 3.08. The van der Waals surface area contributed by atoms with Gasteiger partial charge in [-0.25, -0.2) is 8.42 Å². The van der Waals surface area contributed by atoms with Gasteiger partial charge < -0.3 is 5.32 Å². The molecule has 0 aromatic carbocycles. The van der Waals surface area contributed by atoms with E-state index in [1.165, 1.54) is 0 Å². The Morgan fingerprint density at radius 2 is 2.22 bits per heavy atom. The Hall–Kier alpha value is -0.0900. The molecule has 2 aliphatic rings. The normalized spacial score (nSPS) is 45.8. The summed E-state index contributed by atoms with van der Waals surface area (Å²) in [6.45, 7) is 0.688. The molecule has 2 aliphatic heterocycles. The minimum absolute atomic E-state index is 0.0532. The molecule has 1 N–H and O–H groups in total. The molecule has 2 heterocycles. The zero-order valence-electron chi connectivity index (χ0n) is 5.00. The molecule has 3 nitrogen and oxygen atoms in total. The Labute approximate surface area is 54.4 Å². The zero-order valence-corrected chi connectivity index (χ0v) is 5.82. The molecular formula is C5H9NO2S. The van der Waals surface area contributed by atoms with Crippen LogP contribution in [0.25, 0.3) is 0 Å². The van der Waals surface area contributed by atoms with Crippen LogP contribution in [0.3, 0.4) is 0 Å². The van der Waals surface area contributed by atoms with E-state index in [2.05, 4.69) is 5.32 Å². The average Bonchev–Trinajstić information content (AvgIpc) is 2.19. The maximum Gasteiger partial charge on any atom is 0.155 e. The molecule has 4 heteroatoms. The van der Waals surface area contributed by atoms with Crippen molar-refractivity contribution in [3.63, 3.8) is 0 Å². The van der Waals surface area contributed by atoms with Crippen molar-refractivity contribution in [3.8, 4) is 0 Å². The van der Waals surface area contributed by atoms with E-state index in [1.54, 1.807) is 0 Å². The third kappa shape index (κ3) is 0.697. The quantitative estimate of drug-likeness (QED) is 0.485. The van der Waals surface area contributed by atoms with E-state index in [9.17, 15) is 8.42 Å². The van der Waals surface area contributed by atoms with Gasteiger partial charge in [0.2, 0.25) is 0 Å². The van der Waals surface area contributed by atoms with Crippen LogP contribution < -0.4 is 5.32 Å². The number of rotatable bonds is 0. The first-order valence-corrected chi connectivity index (χ1v) is 4.85. The van der Waals surface area contributed by atoms with Crippen molar-refractivity contribution in [3.05, 3.63) is 0 Å². The van der Waals surface area contributed by atoms with Gasteiger partial charge in [-0.15, -0.1) is 0 Å². The first-order chi connectivity index (χ1) is 4.18. The van der Waals surface area contributed by atoms with Gasteiger partial charge in [0.25, 0.3) is 0 Å². The summed E-state index contributed by atoms with van der Waals surface area (Å²) in [6, 6.07) is 0.278. The van der Waals surface area contributed by atoms with Crippen LogP contribution in [0.5, 0.6) is 0 Å². The third-order valence-corrected chi connectivity index (χ3v) is 4.36. The van der Waals surface area contributed by atoms with E-state index in [-0.39, 0.29) is 11.3 Å². The lowest BCUT2D eigenvalue weighted by molar-refractivity contribution is 0.576. The molecule has 9 heavy (non-hydrogen) atoms. The molecule has 2 saturated heterocycles. The SMILES string of the molecule is O=S1(=O)C[C@H]2CC1CN2. The number of hydrogen-bond donors (Lipinski definition) is 1. The second-order valence-corrected chi connectivity index (χ2v) is 5.12. The Morgan fingerprint density at radius 3 is 2.44 bits per heavy atom. The molecular weight excluding hydrogens is 138 g/mol. The van der Waals surface area contributed by atoms with Crippen LogP contribution in [0.2, 0.25) is 0 Å². The van der Waals surface area contributed by atoms with Crippen molar-refractivity contribution >= 4 is 9.84 Å². The van der Waals surface area contributed by atoms with Gasteiger partial charge in [0.15, 0.2) is 9.84 Å². The molecule has 0 spiro atoms. The number of nitrogens with one attached hydrogen (secondary N) is 1. The van der Waals surface area contributed by atoms with Gasteiger partial charge in [-0.05, 0) is 6.42 Å². The lowest BCUT2D eigenvalue weighted by atomic mass is 10.3. The van der Waals surface area contributed by atoms with Crippen LogP contribution in [0.4, 0.5) is 0 Å². The zero-order chi connectivity index (χ0) is 6.48. The molecule has 0 aliphatic carbocycles. The fourth-order valence-electron chi connectivity index (χ4n) is 1.60. The van der Waals surface area contributed by atoms with E-state index in [1.807, 2.05) is 0 Å². The minimum Gasteiger partial charge on any atom is -0.312 e. The smallest absolute Gasteiger partial charge is 0.155 e. The summed E-state index contributed by atoms with van der Waals surface area (Å²) in [7, 11) is -2.65. The molecule has 0 aromatic rings. The monoisotopic (exact) mass is 147 g/mol. The molecule has 1 unspecified atom stereocenters. The van der Waals surface area contributed by atoms with E-state index in [0.717, 1.165) is 6.42 Å². The second-order valence-electron chi connectivity index (χ2n) is 2.79. The van der Waals surface area contributed by atoms with Crippen molar-refractivity contribution in [2.24, 2.45) is 0 Å². The molecule has 0 saturated carbocycles. The highest BCUT2D eigenvalue weighted by Gasteiger charge is 2.43.